The molecule has 0 saturated heterocycles. The lowest BCUT2D eigenvalue weighted by molar-refractivity contribution is -0.121. The molecule has 1 aromatic rings. The van der Waals surface area contributed by atoms with E-state index in [4.69, 9.17) is 17.3 Å². The maximum Gasteiger partial charge on any atom is 0.221 e. The Bertz CT molecular complexity index is 315. The van der Waals surface area contributed by atoms with Gasteiger partial charge < -0.3 is 11.1 Å². The molecule has 0 saturated carbocycles. The van der Waals surface area contributed by atoms with Crippen molar-refractivity contribution in [1.29, 1.82) is 0 Å². The van der Waals surface area contributed by atoms with Crippen molar-refractivity contribution in [2.75, 3.05) is 6.54 Å². The highest BCUT2D eigenvalue weighted by Gasteiger charge is 1.99. The molecule has 0 aliphatic rings. The van der Waals surface area contributed by atoms with Crippen molar-refractivity contribution in [2.24, 2.45) is 5.73 Å². The average Bonchev–Trinajstić information content (AvgIpc) is 2.15. The Labute approximate surface area is 88.2 Å². The number of nitrogens with one attached hydrogen (secondary N) is 1. The zero-order chi connectivity index (χ0) is 10.4. The Morgan fingerprint density at radius 1 is 1.50 bits per heavy atom. The van der Waals surface area contributed by atoms with Gasteiger partial charge in [0.15, 0.2) is 0 Å². The fraction of sp³-hybridized carbons (Fsp3) is 0.300. The third-order valence-corrected chi connectivity index (χ3v) is 1.99. The first-order valence-electron chi connectivity index (χ1n) is 4.43. The van der Waals surface area contributed by atoms with Crippen LogP contribution in [-0.4, -0.2) is 12.5 Å². The van der Waals surface area contributed by atoms with Crippen LogP contribution in [0.5, 0.6) is 0 Å². The Balaban J connectivity index is 2.41. The third kappa shape index (κ3) is 3.77. The molecule has 0 atom stereocenters. The number of benzene rings is 1. The van der Waals surface area contributed by atoms with Gasteiger partial charge in [-0.1, -0.05) is 23.7 Å². The topological polar surface area (TPSA) is 55.1 Å². The fourth-order valence-corrected chi connectivity index (χ4v) is 1.28. The molecule has 0 aliphatic heterocycles. The number of halogens is 1. The predicted molar refractivity (Wildman–Crippen MR) is 57.0 cm³/mol. The second-order valence-electron chi connectivity index (χ2n) is 2.95. The van der Waals surface area contributed by atoms with E-state index in [9.17, 15) is 4.79 Å². The number of hydrogen-bond donors (Lipinski definition) is 2. The highest BCUT2D eigenvalue weighted by molar-refractivity contribution is 6.30. The van der Waals surface area contributed by atoms with E-state index in [1.165, 1.54) is 0 Å². The van der Waals surface area contributed by atoms with Crippen LogP contribution in [-0.2, 0) is 11.3 Å². The summed E-state index contributed by atoms with van der Waals surface area (Å²) in [5, 5.41) is 3.43. The molecule has 0 spiro atoms. The Kier molecular flexibility index (Phi) is 4.43. The maximum atomic E-state index is 11.1. The van der Waals surface area contributed by atoms with Crippen LogP contribution in [0.15, 0.2) is 24.3 Å². The second-order valence-corrected chi connectivity index (χ2v) is 3.38. The molecular weight excluding hydrogens is 200 g/mol. The van der Waals surface area contributed by atoms with Crippen molar-refractivity contribution in [3.05, 3.63) is 34.9 Å². The second kappa shape index (κ2) is 5.62. The molecular formula is C10H13ClN2O. The van der Waals surface area contributed by atoms with Crippen molar-refractivity contribution in [1.82, 2.24) is 5.32 Å². The van der Waals surface area contributed by atoms with E-state index in [-0.39, 0.29) is 5.91 Å². The first-order valence-corrected chi connectivity index (χ1v) is 4.81. The molecule has 0 bridgehead atoms. The zero-order valence-electron chi connectivity index (χ0n) is 7.79. The fourth-order valence-electron chi connectivity index (χ4n) is 1.07. The number of carbonyl (C=O) groups is 1. The van der Waals surface area contributed by atoms with E-state index in [1.807, 2.05) is 18.2 Å². The van der Waals surface area contributed by atoms with Crippen LogP contribution < -0.4 is 11.1 Å². The summed E-state index contributed by atoms with van der Waals surface area (Å²) >= 11 is 5.79. The maximum absolute atomic E-state index is 11.1. The highest BCUT2D eigenvalue weighted by atomic mass is 35.5. The summed E-state index contributed by atoms with van der Waals surface area (Å²) < 4.78 is 0. The van der Waals surface area contributed by atoms with Crippen molar-refractivity contribution < 1.29 is 4.79 Å². The van der Waals surface area contributed by atoms with Crippen LogP contribution in [0.25, 0.3) is 0 Å². The molecule has 0 fully saturated rings. The van der Waals surface area contributed by atoms with Gasteiger partial charge in [0.2, 0.25) is 5.91 Å². The van der Waals surface area contributed by atoms with Gasteiger partial charge in [0.1, 0.15) is 0 Å². The first-order chi connectivity index (χ1) is 6.72. The monoisotopic (exact) mass is 212 g/mol. The van der Waals surface area contributed by atoms with E-state index >= 15 is 0 Å². The van der Waals surface area contributed by atoms with Gasteiger partial charge >= 0.3 is 0 Å². The van der Waals surface area contributed by atoms with Crippen molar-refractivity contribution in [3.8, 4) is 0 Å². The quantitative estimate of drug-likeness (QED) is 0.791. The van der Waals surface area contributed by atoms with Crippen LogP contribution in [0.3, 0.4) is 0 Å². The molecule has 0 aliphatic carbocycles. The Morgan fingerprint density at radius 2 is 2.29 bits per heavy atom. The summed E-state index contributed by atoms with van der Waals surface area (Å²) in [4.78, 5) is 11.1. The van der Waals surface area contributed by atoms with Gasteiger partial charge in [-0.25, -0.2) is 0 Å². The summed E-state index contributed by atoms with van der Waals surface area (Å²) in [6.45, 7) is 0.876. The highest BCUT2D eigenvalue weighted by Crippen LogP contribution is 2.10. The molecule has 0 heterocycles. The Hall–Kier alpha value is -1.06. The van der Waals surface area contributed by atoms with Crippen molar-refractivity contribution in [3.63, 3.8) is 0 Å². The van der Waals surface area contributed by atoms with E-state index in [2.05, 4.69) is 5.32 Å². The number of hydrogen-bond acceptors (Lipinski definition) is 2. The molecule has 76 valence electrons. The largest absolute Gasteiger partial charge is 0.352 e. The molecule has 3 N–H and O–H groups in total. The van der Waals surface area contributed by atoms with Gasteiger partial charge in [0.25, 0.3) is 0 Å². The lowest BCUT2D eigenvalue weighted by Crippen LogP contribution is -2.24. The smallest absolute Gasteiger partial charge is 0.221 e. The number of amides is 1. The minimum atomic E-state index is -0.0347. The molecule has 1 rings (SSSR count). The molecule has 0 unspecified atom stereocenters. The normalized spacial score (nSPS) is 9.86. The van der Waals surface area contributed by atoms with E-state index in [0.29, 0.717) is 24.5 Å². The summed E-state index contributed by atoms with van der Waals surface area (Å²) in [6.07, 6.45) is 0.362. The minimum absolute atomic E-state index is 0.0347. The summed E-state index contributed by atoms with van der Waals surface area (Å²) in [5.41, 5.74) is 6.23. The van der Waals surface area contributed by atoms with Crippen molar-refractivity contribution >= 4 is 17.5 Å². The van der Waals surface area contributed by atoms with E-state index in [1.54, 1.807) is 6.07 Å². The van der Waals surface area contributed by atoms with Crippen LogP contribution >= 0.6 is 11.6 Å². The van der Waals surface area contributed by atoms with Gasteiger partial charge in [-0.05, 0) is 17.7 Å². The van der Waals surface area contributed by atoms with Crippen LogP contribution in [0.4, 0.5) is 0 Å². The van der Waals surface area contributed by atoms with Crippen molar-refractivity contribution in [2.45, 2.75) is 13.0 Å². The Morgan fingerprint density at radius 3 is 2.93 bits per heavy atom. The lowest BCUT2D eigenvalue weighted by atomic mass is 10.2. The number of nitrogens with two attached hydrogens (primary N) is 1. The third-order valence-electron chi connectivity index (χ3n) is 1.75. The van der Waals surface area contributed by atoms with Crippen LogP contribution in [0.2, 0.25) is 5.02 Å². The van der Waals surface area contributed by atoms with Crippen LogP contribution in [0, 0.1) is 0 Å². The number of carbonyl (C=O) groups excluding carboxylic acids is 1. The SMILES string of the molecule is NCCC(=O)NCc1cccc(Cl)c1. The number of rotatable bonds is 4. The molecule has 14 heavy (non-hydrogen) atoms. The molecule has 0 aromatic heterocycles. The summed E-state index contributed by atoms with van der Waals surface area (Å²) in [5.74, 6) is -0.0347. The average molecular weight is 213 g/mol. The predicted octanol–water partition coefficient (Wildman–Crippen LogP) is 1.30. The van der Waals surface area contributed by atoms with Crippen LogP contribution in [0.1, 0.15) is 12.0 Å². The standard InChI is InChI=1S/C10H13ClN2O/c11-9-3-1-2-8(6-9)7-13-10(14)4-5-12/h1-3,6H,4-5,7,12H2,(H,13,14). The zero-order valence-corrected chi connectivity index (χ0v) is 8.55. The molecule has 0 radical (unpaired) electrons. The van der Waals surface area contributed by atoms with E-state index < -0.39 is 0 Å². The molecule has 3 nitrogen and oxygen atoms in total. The van der Waals surface area contributed by atoms with Gasteiger partial charge in [-0.2, -0.15) is 0 Å². The van der Waals surface area contributed by atoms with Gasteiger partial charge in [0.05, 0.1) is 0 Å². The lowest BCUT2D eigenvalue weighted by Gasteiger charge is -2.04. The molecule has 4 heteroatoms. The molecule has 1 aromatic carbocycles. The summed E-state index contributed by atoms with van der Waals surface area (Å²) in [7, 11) is 0. The van der Waals surface area contributed by atoms with Gasteiger partial charge in [-0.3, -0.25) is 4.79 Å². The van der Waals surface area contributed by atoms with Gasteiger partial charge in [0, 0.05) is 24.5 Å². The summed E-state index contributed by atoms with van der Waals surface area (Å²) in [6, 6.07) is 7.39. The minimum Gasteiger partial charge on any atom is -0.352 e. The molecule has 1 amide bonds. The van der Waals surface area contributed by atoms with Gasteiger partial charge in [-0.15, -0.1) is 0 Å². The van der Waals surface area contributed by atoms with E-state index in [0.717, 1.165) is 5.56 Å². The first kappa shape index (κ1) is 11.0.